The fourth-order valence-electron chi connectivity index (χ4n) is 2.58. The van der Waals surface area contributed by atoms with E-state index in [-0.39, 0.29) is 0 Å². The standard InChI is InChI=1S/C17H16ClN3/c18-17-11-15(4-3-13(17)12-19)20-14-5-7-16(8-6-14)21-9-1-2-10-21/h3-8,11,20H,1-2,9-10H2. The van der Waals surface area contributed by atoms with E-state index in [9.17, 15) is 0 Å². The summed E-state index contributed by atoms with van der Waals surface area (Å²) in [6, 6.07) is 15.8. The third kappa shape index (κ3) is 3.12. The number of rotatable bonds is 3. The summed E-state index contributed by atoms with van der Waals surface area (Å²) >= 11 is 6.04. The third-order valence-corrected chi connectivity index (χ3v) is 4.03. The van der Waals surface area contributed by atoms with E-state index in [1.54, 1.807) is 12.1 Å². The number of nitrogens with one attached hydrogen (secondary N) is 1. The SMILES string of the molecule is N#Cc1ccc(Nc2ccc(N3CCCC3)cc2)cc1Cl. The maximum absolute atomic E-state index is 8.87. The first-order chi connectivity index (χ1) is 10.3. The summed E-state index contributed by atoms with van der Waals surface area (Å²) in [6.07, 6.45) is 2.56. The van der Waals surface area contributed by atoms with Crippen molar-refractivity contribution in [3.8, 4) is 6.07 Å². The molecule has 0 spiro atoms. The molecular formula is C17H16ClN3. The molecule has 1 saturated heterocycles. The zero-order chi connectivity index (χ0) is 14.7. The van der Waals surface area contributed by atoms with Gasteiger partial charge in [0.25, 0.3) is 0 Å². The van der Waals surface area contributed by atoms with Crippen molar-refractivity contribution in [1.82, 2.24) is 0 Å². The van der Waals surface area contributed by atoms with Crippen LogP contribution in [0.2, 0.25) is 5.02 Å². The molecule has 1 heterocycles. The smallest absolute Gasteiger partial charge is 0.101 e. The number of nitriles is 1. The van der Waals surface area contributed by atoms with Gasteiger partial charge in [0.05, 0.1) is 10.6 Å². The highest BCUT2D eigenvalue weighted by Gasteiger charge is 2.11. The van der Waals surface area contributed by atoms with Crippen LogP contribution in [0.1, 0.15) is 18.4 Å². The van der Waals surface area contributed by atoms with Gasteiger partial charge in [0, 0.05) is 30.2 Å². The molecule has 1 N–H and O–H groups in total. The van der Waals surface area contributed by atoms with Gasteiger partial charge in [-0.1, -0.05) is 11.6 Å². The second kappa shape index (κ2) is 6.07. The van der Waals surface area contributed by atoms with Gasteiger partial charge in [-0.05, 0) is 55.3 Å². The average molecular weight is 298 g/mol. The molecule has 0 amide bonds. The van der Waals surface area contributed by atoms with Crippen LogP contribution < -0.4 is 10.2 Å². The minimum absolute atomic E-state index is 0.469. The Balaban J connectivity index is 1.73. The Bertz CT molecular complexity index is 667. The predicted octanol–water partition coefficient (Wildman–Crippen LogP) is 4.56. The van der Waals surface area contributed by atoms with E-state index in [0.717, 1.165) is 24.5 Å². The average Bonchev–Trinajstić information content (AvgIpc) is 3.02. The van der Waals surface area contributed by atoms with Crippen LogP contribution in [0.3, 0.4) is 0 Å². The Hall–Kier alpha value is -2.18. The van der Waals surface area contributed by atoms with Crippen molar-refractivity contribution in [2.45, 2.75) is 12.8 Å². The monoisotopic (exact) mass is 297 g/mol. The Labute approximate surface area is 129 Å². The molecule has 0 bridgehead atoms. The van der Waals surface area contributed by atoms with E-state index in [1.807, 2.05) is 6.07 Å². The maximum Gasteiger partial charge on any atom is 0.101 e. The number of benzene rings is 2. The summed E-state index contributed by atoms with van der Waals surface area (Å²) in [5.41, 5.74) is 3.66. The molecule has 3 rings (SSSR count). The third-order valence-electron chi connectivity index (χ3n) is 3.72. The van der Waals surface area contributed by atoms with Crippen LogP contribution in [-0.4, -0.2) is 13.1 Å². The van der Waals surface area contributed by atoms with Crippen LogP contribution in [0, 0.1) is 11.3 Å². The molecular weight excluding hydrogens is 282 g/mol. The number of hydrogen-bond donors (Lipinski definition) is 1. The lowest BCUT2D eigenvalue weighted by atomic mass is 10.2. The minimum Gasteiger partial charge on any atom is -0.372 e. The fraction of sp³-hybridized carbons (Fsp3) is 0.235. The number of anilines is 3. The lowest BCUT2D eigenvalue weighted by molar-refractivity contribution is 0.949. The first-order valence-corrected chi connectivity index (χ1v) is 7.46. The van der Waals surface area contributed by atoms with Crippen LogP contribution in [-0.2, 0) is 0 Å². The summed E-state index contributed by atoms with van der Waals surface area (Å²) < 4.78 is 0. The summed E-state index contributed by atoms with van der Waals surface area (Å²) in [4.78, 5) is 2.41. The molecule has 0 aliphatic carbocycles. The first-order valence-electron chi connectivity index (χ1n) is 7.08. The number of halogens is 1. The number of nitrogens with zero attached hydrogens (tertiary/aromatic N) is 2. The first kappa shape index (κ1) is 13.8. The van der Waals surface area contributed by atoms with Gasteiger partial charge in [0.15, 0.2) is 0 Å². The van der Waals surface area contributed by atoms with Crippen molar-refractivity contribution >= 4 is 28.7 Å². The van der Waals surface area contributed by atoms with Crippen molar-refractivity contribution in [3.63, 3.8) is 0 Å². The van der Waals surface area contributed by atoms with Gasteiger partial charge in [0.1, 0.15) is 6.07 Å². The molecule has 1 aliphatic heterocycles. The fourth-order valence-corrected chi connectivity index (χ4v) is 2.80. The maximum atomic E-state index is 8.87. The highest BCUT2D eigenvalue weighted by atomic mass is 35.5. The molecule has 4 heteroatoms. The molecule has 21 heavy (non-hydrogen) atoms. The second-order valence-corrected chi connectivity index (χ2v) is 5.58. The van der Waals surface area contributed by atoms with Crippen molar-refractivity contribution < 1.29 is 0 Å². The highest BCUT2D eigenvalue weighted by Crippen LogP contribution is 2.26. The van der Waals surface area contributed by atoms with E-state index >= 15 is 0 Å². The lowest BCUT2D eigenvalue weighted by Crippen LogP contribution is -2.17. The van der Waals surface area contributed by atoms with Gasteiger partial charge in [-0.25, -0.2) is 0 Å². The van der Waals surface area contributed by atoms with E-state index in [4.69, 9.17) is 16.9 Å². The molecule has 0 saturated carbocycles. The molecule has 2 aromatic rings. The zero-order valence-electron chi connectivity index (χ0n) is 11.6. The minimum atomic E-state index is 0.469. The van der Waals surface area contributed by atoms with E-state index < -0.39 is 0 Å². The summed E-state index contributed by atoms with van der Waals surface area (Å²) in [5, 5.41) is 12.6. The largest absolute Gasteiger partial charge is 0.372 e. The normalized spacial score (nSPS) is 14.0. The Morgan fingerprint density at radius 1 is 1.00 bits per heavy atom. The molecule has 0 aromatic heterocycles. The molecule has 106 valence electrons. The van der Waals surface area contributed by atoms with Gasteiger partial charge in [-0.3, -0.25) is 0 Å². The van der Waals surface area contributed by atoms with Gasteiger partial charge in [0.2, 0.25) is 0 Å². The van der Waals surface area contributed by atoms with Crippen LogP contribution in [0.5, 0.6) is 0 Å². The molecule has 1 aliphatic rings. The molecule has 2 aromatic carbocycles. The second-order valence-electron chi connectivity index (χ2n) is 5.17. The van der Waals surface area contributed by atoms with Crippen LogP contribution in [0.25, 0.3) is 0 Å². The van der Waals surface area contributed by atoms with E-state index in [0.29, 0.717) is 10.6 Å². The van der Waals surface area contributed by atoms with Gasteiger partial charge in [-0.15, -0.1) is 0 Å². The van der Waals surface area contributed by atoms with Crippen molar-refractivity contribution in [2.24, 2.45) is 0 Å². The Morgan fingerprint density at radius 2 is 1.67 bits per heavy atom. The topological polar surface area (TPSA) is 39.1 Å². The molecule has 1 fully saturated rings. The van der Waals surface area contributed by atoms with E-state index in [2.05, 4.69) is 40.6 Å². The molecule has 3 nitrogen and oxygen atoms in total. The van der Waals surface area contributed by atoms with Gasteiger partial charge < -0.3 is 10.2 Å². The predicted molar refractivity (Wildman–Crippen MR) is 87.3 cm³/mol. The number of hydrogen-bond acceptors (Lipinski definition) is 3. The summed E-state index contributed by atoms with van der Waals surface area (Å²) in [7, 11) is 0. The van der Waals surface area contributed by atoms with Gasteiger partial charge in [-0.2, -0.15) is 5.26 Å². The van der Waals surface area contributed by atoms with Crippen LogP contribution in [0.4, 0.5) is 17.1 Å². The van der Waals surface area contributed by atoms with Crippen LogP contribution >= 0.6 is 11.6 Å². The Kier molecular flexibility index (Phi) is 3.98. The Morgan fingerprint density at radius 3 is 2.29 bits per heavy atom. The lowest BCUT2D eigenvalue weighted by Gasteiger charge is -2.18. The van der Waals surface area contributed by atoms with Crippen molar-refractivity contribution in [3.05, 3.63) is 53.1 Å². The summed E-state index contributed by atoms with van der Waals surface area (Å²) in [5.74, 6) is 0. The van der Waals surface area contributed by atoms with Crippen molar-refractivity contribution in [2.75, 3.05) is 23.3 Å². The summed E-state index contributed by atoms with van der Waals surface area (Å²) in [6.45, 7) is 2.30. The zero-order valence-corrected chi connectivity index (χ0v) is 12.4. The van der Waals surface area contributed by atoms with Crippen molar-refractivity contribution in [1.29, 1.82) is 5.26 Å². The van der Waals surface area contributed by atoms with Gasteiger partial charge >= 0.3 is 0 Å². The molecule has 0 atom stereocenters. The van der Waals surface area contributed by atoms with Crippen LogP contribution in [0.15, 0.2) is 42.5 Å². The quantitative estimate of drug-likeness (QED) is 0.903. The highest BCUT2D eigenvalue weighted by molar-refractivity contribution is 6.32. The van der Waals surface area contributed by atoms with E-state index in [1.165, 1.54) is 18.5 Å². The molecule has 0 unspecified atom stereocenters. The molecule has 0 radical (unpaired) electrons.